The molecule has 2 aliphatic rings. The van der Waals surface area contributed by atoms with Gasteiger partial charge in [-0.1, -0.05) is 23.2 Å². The Hall–Kier alpha value is -0.970. The number of halogens is 2. The third-order valence-electron chi connectivity index (χ3n) is 4.87. The molecule has 0 aliphatic carbocycles. The summed E-state index contributed by atoms with van der Waals surface area (Å²) in [6.07, 6.45) is 3.55. The molecule has 0 aromatic heterocycles. The van der Waals surface area contributed by atoms with Crippen LogP contribution >= 0.6 is 23.2 Å². The lowest BCUT2D eigenvalue weighted by atomic mass is 10.0. The van der Waals surface area contributed by atoms with Crippen LogP contribution in [0.15, 0.2) is 18.2 Å². The van der Waals surface area contributed by atoms with Gasteiger partial charge in [0.25, 0.3) is 0 Å². The average Bonchev–Trinajstić information content (AvgIpc) is 2.73. The summed E-state index contributed by atoms with van der Waals surface area (Å²) >= 11 is 11.8. The van der Waals surface area contributed by atoms with Gasteiger partial charge in [0.1, 0.15) is 11.9 Å². The molecule has 126 valence electrons. The Morgan fingerprint density at radius 3 is 2.48 bits per heavy atom. The highest BCUT2D eigenvalue weighted by Gasteiger charge is 2.40. The van der Waals surface area contributed by atoms with Gasteiger partial charge in [0.05, 0.1) is 10.0 Å². The zero-order chi connectivity index (χ0) is 16.6. The van der Waals surface area contributed by atoms with Gasteiger partial charge in [0.15, 0.2) is 6.10 Å². The smallest absolute Gasteiger partial charge is 0.347 e. The van der Waals surface area contributed by atoms with Crippen LogP contribution in [-0.2, 0) is 9.53 Å². The topological polar surface area (TPSA) is 38.8 Å². The molecule has 2 saturated heterocycles. The first-order valence-corrected chi connectivity index (χ1v) is 8.73. The fourth-order valence-corrected chi connectivity index (χ4v) is 3.81. The first-order valence-electron chi connectivity index (χ1n) is 7.98. The summed E-state index contributed by atoms with van der Waals surface area (Å²) < 4.78 is 11.3. The van der Waals surface area contributed by atoms with Gasteiger partial charge in [-0.3, -0.25) is 0 Å². The first-order chi connectivity index (χ1) is 10.9. The number of esters is 1. The number of hydrogen-bond acceptors (Lipinski definition) is 4. The van der Waals surface area contributed by atoms with Gasteiger partial charge in [0.2, 0.25) is 0 Å². The van der Waals surface area contributed by atoms with Crippen molar-refractivity contribution in [1.29, 1.82) is 0 Å². The van der Waals surface area contributed by atoms with Gasteiger partial charge in [-0.25, -0.2) is 4.79 Å². The van der Waals surface area contributed by atoms with Crippen molar-refractivity contribution in [1.82, 2.24) is 4.90 Å². The summed E-state index contributed by atoms with van der Waals surface area (Å²) in [5, 5.41) is 0.854. The highest BCUT2D eigenvalue weighted by Crippen LogP contribution is 2.35. The van der Waals surface area contributed by atoms with E-state index in [0.717, 1.165) is 12.8 Å². The van der Waals surface area contributed by atoms with Crippen LogP contribution in [0.3, 0.4) is 0 Å². The van der Waals surface area contributed by atoms with Crippen LogP contribution < -0.4 is 4.74 Å². The Bertz CT molecular complexity index is 581. The molecular weight excluding hydrogens is 337 g/mol. The van der Waals surface area contributed by atoms with Crippen LogP contribution in [0.2, 0.25) is 10.0 Å². The van der Waals surface area contributed by atoms with Gasteiger partial charge in [0, 0.05) is 18.2 Å². The second-order valence-corrected chi connectivity index (χ2v) is 7.23. The highest BCUT2D eigenvalue weighted by atomic mass is 35.5. The van der Waals surface area contributed by atoms with E-state index in [-0.39, 0.29) is 12.1 Å². The quantitative estimate of drug-likeness (QED) is 0.765. The van der Waals surface area contributed by atoms with Crippen molar-refractivity contribution < 1.29 is 14.3 Å². The van der Waals surface area contributed by atoms with E-state index in [1.165, 1.54) is 12.8 Å². The zero-order valence-electron chi connectivity index (χ0n) is 13.3. The van der Waals surface area contributed by atoms with Crippen molar-refractivity contribution in [3.8, 4) is 5.75 Å². The van der Waals surface area contributed by atoms with Crippen molar-refractivity contribution in [2.45, 2.75) is 56.9 Å². The minimum Gasteiger partial charge on any atom is -0.479 e. The fourth-order valence-electron chi connectivity index (χ4n) is 3.52. The van der Waals surface area contributed by atoms with Crippen molar-refractivity contribution in [3.05, 3.63) is 28.2 Å². The maximum Gasteiger partial charge on any atom is 0.347 e. The van der Waals surface area contributed by atoms with E-state index in [1.807, 2.05) is 0 Å². The molecule has 0 radical (unpaired) electrons. The van der Waals surface area contributed by atoms with Crippen LogP contribution in [0, 0.1) is 0 Å². The van der Waals surface area contributed by atoms with Gasteiger partial charge in [-0.2, -0.15) is 0 Å². The molecule has 2 fully saturated rings. The lowest BCUT2D eigenvalue weighted by molar-refractivity contribution is -0.159. The Morgan fingerprint density at radius 2 is 1.87 bits per heavy atom. The minimum absolute atomic E-state index is 0.00365. The normalized spacial score (nSPS) is 28.4. The summed E-state index contributed by atoms with van der Waals surface area (Å²) in [7, 11) is 2.16. The predicted octanol–water partition coefficient (Wildman–Crippen LogP) is 3.93. The number of carbonyl (C=O) groups is 1. The number of piperidine rings is 1. The van der Waals surface area contributed by atoms with Gasteiger partial charge in [-0.05, 0) is 51.8 Å². The van der Waals surface area contributed by atoms with Crippen LogP contribution in [0.5, 0.6) is 5.75 Å². The van der Waals surface area contributed by atoms with E-state index >= 15 is 0 Å². The molecule has 1 aromatic rings. The summed E-state index contributed by atoms with van der Waals surface area (Å²) in [6, 6.07) is 6.01. The standard InChI is InChI=1S/C17H21Cl2NO3/c1-10(22-13-5-6-15(18)16(19)9-13)17(21)23-14-7-11-3-4-12(8-14)20(11)2/h5-6,9-12,14H,3-4,7-8H2,1-2H3/t10?,11-,12+,14?. The zero-order valence-corrected chi connectivity index (χ0v) is 14.8. The van der Waals surface area contributed by atoms with Gasteiger partial charge >= 0.3 is 5.97 Å². The van der Waals surface area contributed by atoms with Crippen molar-refractivity contribution in [2.75, 3.05) is 7.05 Å². The number of carbonyl (C=O) groups excluding carboxylic acids is 1. The van der Waals surface area contributed by atoms with Gasteiger partial charge < -0.3 is 14.4 Å². The lowest BCUT2D eigenvalue weighted by Gasteiger charge is -2.36. The summed E-state index contributed by atoms with van der Waals surface area (Å²) in [6.45, 7) is 1.69. The number of fused-ring (bicyclic) bond motifs is 2. The molecule has 0 amide bonds. The number of benzene rings is 1. The number of ether oxygens (including phenoxy) is 2. The Morgan fingerprint density at radius 1 is 1.22 bits per heavy atom. The third-order valence-corrected chi connectivity index (χ3v) is 5.61. The molecule has 23 heavy (non-hydrogen) atoms. The summed E-state index contributed by atoms with van der Waals surface area (Å²) in [5.74, 6) is 0.178. The maximum absolute atomic E-state index is 12.3. The molecule has 4 atom stereocenters. The lowest BCUT2D eigenvalue weighted by Crippen LogP contribution is -2.44. The van der Waals surface area contributed by atoms with Crippen LogP contribution in [0.1, 0.15) is 32.6 Å². The first kappa shape index (κ1) is 16.9. The highest BCUT2D eigenvalue weighted by molar-refractivity contribution is 6.42. The van der Waals surface area contributed by atoms with E-state index < -0.39 is 6.10 Å². The van der Waals surface area contributed by atoms with E-state index in [1.54, 1.807) is 25.1 Å². The average molecular weight is 358 g/mol. The molecule has 1 aromatic carbocycles. The largest absolute Gasteiger partial charge is 0.479 e. The molecular formula is C17H21Cl2NO3. The Kier molecular flexibility index (Phi) is 5.04. The number of rotatable bonds is 4. The Labute approximate surface area is 146 Å². The van der Waals surface area contributed by atoms with Crippen LogP contribution in [-0.4, -0.2) is 42.2 Å². The van der Waals surface area contributed by atoms with E-state index in [2.05, 4.69) is 11.9 Å². The summed E-state index contributed by atoms with van der Waals surface area (Å²) in [5.41, 5.74) is 0. The molecule has 0 saturated carbocycles. The summed E-state index contributed by atoms with van der Waals surface area (Å²) in [4.78, 5) is 14.7. The van der Waals surface area contributed by atoms with E-state index in [0.29, 0.717) is 27.9 Å². The monoisotopic (exact) mass is 357 g/mol. The molecule has 2 bridgehead atoms. The van der Waals surface area contributed by atoms with Crippen molar-refractivity contribution in [2.24, 2.45) is 0 Å². The minimum atomic E-state index is -0.676. The van der Waals surface area contributed by atoms with Crippen molar-refractivity contribution >= 4 is 29.2 Å². The SMILES string of the molecule is CC(Oc1ccc(Cl)c(Cl)c1)C(=O)OC1C[C@H]2CC[C@@H](C1)N2C. The fraction of sp³-hybridized carbons (Fsp3) is 0.588. The molecule has 3 rings (SSSR count). The molecule has 2 heterocycles. The molecule has 2 aliphatic heterocycles. The second kappa shape index (κ2) is 6.88. The molecule has 2 unspecified atom stereocenters. The van der Waals surface area contributed by atoms with E-state index in [9.17, 15) is 4.79 Å². The number of nitrogens with zero attached hydrogens (tertiary/aromatic N) is 1. The third kappa shape index (κ3) is 3.76. The van der Waals surface area contributed by atoms with Gasteiger partial charge in [-0.15, -0.1) is 0 Å². The van der Waals surface area contributed by atoms with Crippen LogP contribution in [0.4, 0.5) is 0 Å². The molecule has 0 N–H and O–H groups in total. The number of hydrogen-bond donors (Lipinski definition) is 0. The van der Waals surface area contributed by atoms with Crippen molar-refractivity contribution in [3.63, 3.8) is 0 Å². The van der Waals surface area contributed by atoms with Crippen LogP contribution in [0.25, 0.3) is 0 Å². The molecule has 6 heteroatoms. The predicted molar refractivity (Wildman–Crippen MR) is 90.2 cm³/mol. The second-order valence-electron chi connectivity index (χ2n) is 6.42. The Balaban J connectivity index is 1.54. The molecule has 4 nitrogen and oxygen atoms in total. The maximum atomic E-state index is 12.3. The molecule has 0 spiro atoms. The van der Waals surface area contributed by atoms with E-state index in [4.69, 9.17) is 32.7 Å².